The summed E-state index contributed by atoms with van der Waals surface area (Å²) in [4.78, 5) is 0. The van der Waals surface area contributed by atoms with E-state index < -0.39 is 0 Å². The number of benzene rings is 1. The maximum Gasteiger partial charge on any atom is 0 e. The molecule has 0 spiro atoms. The van der Waals surface area contributed by atoms with Crippen molar-refractivity contribution in [1.29, 1.82) is 0 Å². The summed E-state index contributed by atoms with van der Waals surface area (Å²) in [6.45, 7) is 13.8. The predicted molar refractivity (Wildman–Crippen MR) is 70.8 cm³/mol. The van der Waals surface area contributed by atoms with Gasteiger partial charge in [0, 0.05) is 31.1 Å². The normalized spacial score (nSPS) is 18.7. The monoisotopic (exact) mass is 453 g/mol. The molecule has 1 aromatic carbocycles. The van der Waals surface area contributed by atoms with Gasteiger partial charge in [-0.3, -0.25) is 0 Å². The summed E-state index contributed by atoms with van der Waals surface area (Å²) in [7, 11) is 0. The second-order valence-corrected chi connectivity index (χ2v) is 6.70. The Morgan fingerprint density at radius 1 is 1.18 bits per heavy atom. The van der Waals surface area contributed by atoms with E-state index in [1.165, 1.54) is 16.7 Å². The number of hydrogen-bond acceptors (Lipinski definition) is 0. The average Bonchev–Trinajstić information content (AvgIpc) is 2.37. The van der Waals surface area contributed by atoms with E-state index in [1.807, 2.05) is 0 Å². The molecule has 0 amide bonds. The molecule has 1 heteroatoms. The molecule has 2 rings (SSSR count). The number of fused-ring (bicyclic) bond motifs is 1. The summed E-state index contributed by atoms with van der Waals surface area (Å²) >= 11 is 0. The van der Waals surface area contributed by atoms with Crippen molar-refractivity contribution in [3.63, 3.8) is 0 Å². The zero-order chi connectivity index (χ0) is 12.1. The predicted octanol–water partition coefficient (Wildman–Crippen LogP) is 4.41. The molecule has 1 aliphatic rings. The summed E-state index contributed by atoms with van der Waals surface area (Å²) < 4.78 is 0. The van der Waals surface area contributed by atoms with Gasteiger partial charge in [0.25, 0.3) is 0 Å². The third-order valence-electron chi connectivity index (χ3n) is 4.17. The van der Waals surface area contributed by atoms with Crippen LogP contribution in [0.1, 0.15) is 58.2 Å². The van der Waals surface area contributed by atoms with Gasteiger partial charge in [0.2, 0.25) is 0 Å². The van der Waals surface area contributed by atoms with E-state index in [0.717, 1.165) is 6.42 Å². The average molecular weight is 453 g/mol. The first-order valence-corrected chi connectivity index (χ1v) is 6.20. The van der Waals surface area contributed by atoms with Gasteiger partial charge in [-0.25, -0.2) is 0 Å². The quantitative estimate of drug-likeness (QED) is 0.511. The molecule has 92 valence electrons. The first kappa shape index (κ1) is 15.3. The van der Waals surface area contributed by atoms with E-state index in [1.54, 1.807) is 5.92 Å². The molecule has 1 aliphatic carbocycles. The van der Waals surface area contributed by atoms with Gasteiger partial charge >= 0.3 is 0 Å². The first-order valence-electron chi connectivity index (χ1n) is 6.20. The van der Waals surface area contributed by atoms with Gasteiger partial charge in [-0.15, -0.1) is 5.41 Å². The third kappa shape index (κ3) is 2.66. The van der Waals surface area contributed by atoms with Crippen LogP contribution in [0.5, 0.6) is 0 Å². The Kier molecular flexibility index (Phi) is 4.28. The van der Waals surface area contributed by atoms with E-state index in [2.05, 4.69) is 59.7 Å². The van der Waals surface area contributed by atoms with Gasteiger partial charge in [0.05, 0.1) is 0 Å². The van der Waals surface area contributed by atoms with Gasteiger partial charge in [-0.05, 0) is 11.0 Å². The van der Waals surface area contributed by atoms with E-state index in [9.17, 15) is 0 Å². The summed E-state index contributed by atoms with van der Waals surface area (Å²) in [5, 5.41) is 0. The molecule has 0 saturated heterocycles. The molecule has 0 N–H and O–H groups in total. The van der Waals surface area contributed by atoms with E-state index >= 15 is 0 Å². The molecule has 1 aromatic rings. The SMILES string of the molecule is C[C-]1Cc2ccc(C(C)(C)C)cc2C1(C)C.[U]. The van der Waals surface area contributed by atoms with Crippen LogP contribution in [0.4, 0.5) is 0 Å². The minimum Gasteiger partial charge on any atom is -0.303 e. The minimum absolute atomic E-state index is 0. The molecular weight excluding hydrogens is 430 g/mol. The van der Waals surface area contributed by atoms with E-state index in [0.29, 0.717) is 0 Å². The summed E-state index contributed by atoms with van der Waals surface area (Å²) in [5.41, 5.74) is 5.03. The molecule has 0 aliphatic heterocycles. The van der Waals surface area contributed by atoms with Crippen LogP contribution >= 0.6 is 0 Å². The van der Waals surface area contributed by atoms with Crippen molar-refractivity contribution in [3.05, 3.63) is 40.8 Å². The van der Waals surface area contributed by atoms with Crippen molar-refractivity contribution in [1.82, 2.24) is 0 Å². The van der Waals surface area contributed by atoms with Crippen molar-refractivity contribution in [2.24, 2.45) is 0 Å². The fourth-order valence-corrected chi connectivity index (χ4v) is 2.52. The molecule has 0 saturated carbocycles. The Balaban J connectivity index is 0.00000144. The summed E-state index contributed by atoms with van der Waals surface area (Å²) in [5.74, 6) is 1.59. The molecule has 0 unspecified atom stereocenters. The fraction of sp³-hybridized carbons (Fsp3) is 0.562. The molecule has 0 atom stereocenters. The molecule has 0 fully saturated rings. The van der Waals surface area contributed by atoms with E-state index in [-0.39, 0.29) is 41.9 Å². The molecular formula is C16H23U-. The number of hydrogen-bond donors (Lipinski definition) is 0. The van der Waals surface area contributed by atoms with Crippen LogP contribution < -0.4 is 0 Å². The first-order chi connectivity index (χ1) is 7.23. The van der Waals surface area contributed by atoms with Gasteiger partial charge in [0.15, 0.2) is 0 Å². The second-order valence-electron chi connectivity index (χ2n) is 6.70. The van der Waals surface area contributed by atoms with Crippen molar-refractivity contribution in [3.8, 4) is 0 Å². The molecule has 17 heavy (non-hydrogen) atoms. The Labute approximate surface area is 130 Å². The van der Waals surface area contributed by atoms with Gasteiger partial charge in [-0.1, -0.05) is 63.9 Å². The topological polar surface area (TPSA) is 0 Å². The van der Waals surface area contributed by atoms with Gasteiger partial charge in [-0.2, -0.15) is 13.3 Å². The van der Waals surface area contributed by atoms with Crippen LogP contribution in [0.15, 0.2) is 18.2 Å². The number of rotatable bonds is 0. The Morgan fingerprint density at radius 2 is 1.76 bits per heavy atom. The van der Waals surface area contributed by atoms with Crippen LogP contribution in [0.2, 0.25) is 0 Å². The fourth-order valence-electron chi connectivity index (χ4n) is 2.52. The minimum atomic E-state index is 0. The van der Waals surface area contributed by atoms with Gasteiger partial charge < -0.3 is 5.92 Å². The van der Waals surface area contributed by atoms with Gasteiger partial charge in [0.1, 0.15) is 0 Å². The molecule has 0 aromatic heterocycles. The molecule has 0 nitrogen and oxygen atoms in total. The zero-order valence-corrected chi connectivity index (χ0v) is 16.1. The Bertz CT molecular complexity index is 410. The smallest absolute Gasteiger partial charge is 0 e. The van der Waals surface area contributed by atoms with Crippen LogP contribution in [0, 0.1) is 37.0 Å². The maximum atomic E-state index is 2.42. The largest absolute Gasteiger partial charge is 0.303 e. The van der Waals surface area contributed by atoms with Crippen molar-refractivity contribution in [2.75, 3.05) is 0 Å². The van der Waals surface area contributed by atoms with Crippen LogP contribution in [-0.2, 0) is 17.3 Å². The second kappa shape index (κ2) is 4.75. The van der Waals surface area contributed by atoms with Crippen LogP contribution in [-0.4, -0.2) is 0 Å². The van der Waals surface area contributed by atoms with Crippen LogP contribution in [0.25, 0.3) is 0 Å². The zero-order valence-electron chi connectivity index (χ0n) is 11.9. The van der Waals surface area contributed by atoms with Crippen molar-refractivity contribution in [2.45, 2.75) is 58.8 Å². The molecule has 0 bridgehead atoms. The molecule has 0 heterocycles. The Morgan fingerprint density at radius 3 is 2.29 bits per heavy atom. The third-order valence-corrected chi connectivity index (χ3v) is 4.17. The van der Waals surface area contributed by atoms with E-state index in [4.69, 9.17) is 0 Å². The summed E-state index contributed by atoms with van der Waals surface area (Å²) in [6, 6.07) is 7.05. The maximum absolute atomic E-state index is 2.42. The molecule has 0 radical (unpaired) electrons. The summed E-state index contributed by atoms with van der Waals surface area (Å²) in [6.07, 6.45) is 1.16. The standard InChI is InChI=1S/C16H23.U/c1-11-9-12-7-8-13(15(2,3)4)10-14(12)16(11,5)6;/h7-8,10H,9H2,1-6H3;/q-1;. The van der Waals surface area contributed by atoms with Crippen molar-refractivity contribution < 1.29 is 31.1 Å². The Hall–Kier alpha value is 0.272. The van der Waals surface area contributed by atoms with Crippen LogP contribution in [0.3, 0.4) is 0 Å². The van der Waals surface area contributed by atoms with Crippen molar-refractivity contribution >= 4 is 0 Å².